The summed E-state index contributed by atoms with van der Waals surface area (Å²) in [4.78, 5) is 24.5. The maximum Gasteiger partial charge on any atom is 0.339 e. The van der Waals surface area contributed by atoms with Crippen LogP contribution in [0.25, 0.3) is 11.0 Å². The van der Waals surface area contributed by atoms with Crippen molar-refractivity contribution in [2.24, 2.45) is 0 Å². The number of carbonyl (C=O) groups excluding carboxylic acids is 1. The van der Waals surface area contributed by atoms with Crippen molar-refractivity contribution in [2.45, 2.75) is 53.7 Å². The van der Waals surface area contributed by atoms with Crippen LogP contribution in [0.3, 0.4) is 0 Å². The van der Waals surface area contributed by atoms with Crippen molar-refractivity contribution in [3.63, 3.8) is 0 Å². The summed E-state index contributed by atoms with van der Waals surface area (Å²) in [7, 11) is 0. The van der Waals surface area contributed by atoms with Gasteiger partial charge < -0.3 is 14.5 Å². The van der Waals surface area contributed by atoms with E-state index in [9.17, 15) is 9.59 Å². The van der Waals surface area contributed by atoms with Gasteiger partial charge in [0.2, 0.25) is 0 Å². The molecule has 1 amide bonds. The Hall–Kier alpha value is -3.16. The van der Waals surface area contributed by atoms with E-state index in [0.29, 0.717) is 28.1 Å². The third-order valence-corrected chi connectivity index (χ3v) is 4.57. The molecule has 0 saturated heterocycles. The Bertz CT molecular complexity index is 1080. The molecule has 3 aromatic rings. The van der Waals surface area contributed by atoms with Crippen LogP contribution in [0.1, 0.15) is 37.0 Å². The van der Waals surface area contributed by atoms with Gasteiger partial charge in [-0.25, -0.2) is 4.79 Å². The fourth-order valence-electron chi connectivity index (χ4n) is 2.95. The summed E-state index contributed by atoms with van der Waals surface area (Å²) >= 11 is 0. The summed E-state index contributed by atoms with van der Waals surface area (Å²) < 4.78 is 13.0. The summed E-state index contributed by atoms with van der Waals surface area (Å²) in [5.74, 6) is 0.530. The van der Waals surface area contributed by atoms with Crippen LogP contribution in [0, 0.1) is 20.8 Å². The van der Waals surface area contributed by atoms with Gasteiger partial charge in [0.25, 0.3) is 5.91 Å². The van der Waals surface area contributed by atoms with Crippen LogP contribution in [-0.2, 0) is 11.3 Å². The maximum atomic E-state index is 12.5. The van der Waals surface area contributed by atoms with Crippen molar-refractivity contribution in [2.75, 3.05) is 5.32 Å². The first kappa shape index (κ1) is 19.6. The van der Waals surface area contributed by atoms with Crippen molar-refractivity contribution < 1.29 is 13.9 Å². The Kier molecular flexibility index (Phi) is 5.48. The number of aromatic nitrogens is 3. The summed E-state index contributed by atoms with van der Waals surface area (Å²) in [6, 6.07) is 3.61. The largest absolute Gasteiger partial charge is 0.480 e. The minimum Gasteiger partial charge on any atom is -0.480 e. The van der Waals surface area contributed by atoms with E-state index in [2.05, 4.69) is 15.6 Å². The second-order valence-corrected chi connectivity index (χ2v) is 6.89. The molecule has 148 valence electrons. The first-order chi connectivity index (χ1) is 13.3. The first-order valence-electron chi connectivity index (χ1n) is 9.22. The average Bonchev–Trinajstić information content (AvgIpc) is 3.06. The Morgan fingerprint density at radius 3 is 2.75 bits per heavy atom. The lowest BCUT2D eigenvalue weighted by atomic mass is 10.0. The number of rotatable bonds is 6. The zero-order valence-corrected chi connectivity index (χ0v) is 16.7. The van der Waals surface area contributed by atoms with Gasteiger partial charge in [-0.1, -0.05) is 12.1 Å². The number of benzene rings is 1. The first-order valence-corrected chi connectivity index (χ1v) is 9.22. The quantitative estimate of drug-likeness (QED) is 0.656. The highest BCUT2D eigenvalue weighted by molar-refractivity contribution is 5.94. The molecule has 0 aliphatic carbocycles. The van der Waals surface area contributed by atoms with E-state index >= 15 is 0 Å². The molecule has 0 aliphatic heterocycles. The smallest absolute Gasteiger partial charge is 0.339 e. The Morgan fingerprint density at radius 1 is 1.29 bits per heavy atom. The lowest BCUT2D eigenvalue weighted by Gasteiger charge is -2.17. The van der Waals surface area contributed by atoms with Gasteiger partial charge in [0.15, 0.2) is 11.9 Å². The molecule has 0 fully saturated rings. The van der Waals surface area contributed by atoms with Crippen LogP contribution in [0.5, 0.6) is 5.75 Å². The van der Waals surface area contributed by atoms with Crippen LogP contribution in [0.4, 0.5) is 5.82 Å². The van der Waals surface area contributed by atoms with E-state index in [-0.39, 0.29) is 11.5 Å². The molecule has 8 heteroatoms. The minimum atomic E-state index is -0.784. The highest BCUT2D eigenvalue weighted by Gasteiger charge is 2.20. The Labute approximate surface area is 162 Å². The summed E-state index contributed by atoms with van der Waals surface area (Å²) in [6.45, 7) is 9.84. The molecule has 1 aromatic carbocycles. The third kappa shape index (κ3) is 3.90. The number of hydrogen-bond acceptors (Lipinski definition) is 6. The zero-order chi connectivity index (χ0) is 20.4. The highest BCUT2D eigenvalue weighted by Crippen LogP contribution is 2.31. The number of anilines is 1. The van der Waals surface area contributed by atoms with Gasteiger partial charge in [-0.3, -0.25) is 9.48 Å². The molecule has 2 heterocycles. The lowest BCUT2D eigenvalue weighted by molar-refractivity contribution is -0.122. The van der Waals surface area contributed by atoms with Crippen LogP contribution in [0.15, 0.2) is 27.5 Å². The molecule has 28 heavy (non-hydrogen) atoms. The van der Waals surface area contributed by atoms with E-state index in [1.54, 1.807) is 30.8 Å². The fourth-order valence-corrected chi connectivity index (χ4v) is 2.95. The predicted octanol–water partition coefficient (Wildman–Crippen LogP) is 3.13. The average molecular weight is 384 g/mol. The number of hydrogen-bond donors (Lipinski definition) is 1. The van der Waals surface area contributed by atoms with Gasteiger partial charge in [0.05, 0.1) is 11.6 Å². The molecule has 0 spiro atoms. The van der Waals surface area contributed by atoms with Gasteiger partial charge in [0.1, 0.15) is 11.3 Å². The van der Waals surface area contributed by atoms with Crippen LogP contribution < -0.4 is 15.7 Å². The molecule has 0 radical (unpaired) electrons. The number of carbonyl (C=O) groups is 1. The standard InChI is InChI=1S/C20H24N4O4/c1-6-7-24-10-17(22-23-24)21-19(25)14(5)27-15-8-11(2)9-16-18(15)12(3)13(4)20(26)28-16/h8-10,14H,6-7H2,1-5H3,(H,21,25). The van der Waals surface area contributed by atoms with Gasteiger partial charge in [-0.05, 0) is 57.4 Å². The number of amides is 1. The monoisotopic (exact) mass is 384 g/mol. The predicted molar refractivity (Wildman–Crippen MR) is 106 cm³/mol. The van der Waals surface area contributed by atoms with Crippen molar-refractivity contribution in [3.8, 4) is 5.75 Å². The lowest BCUT2D eigenvalue weighted by Crippen LogP contribution is -2.30. The Balaban J connectivity index is 1.85. The number of nitrogens with one attached hydrogen (secondary N) is 1. The maximum absolute atomic E-state index is 12.5. The molecule has 8 nitrogen and oxygen atoms in total. The molecule has 0 aliphatic rings. The fraction of sp³-hybridized carbons (Fsp3) is 0.400. The number of ether oxygens (including phenoxy) is 1. The molecule has 0 bridgehead atoms. The van der Waals surface area contributed by atoms with E-state index in [0.717, 1.165) is 24.1 Å². The van der Waals surface area contributed by atoms with Gasteiger partial charge in [-0.2, -0.15) is 0 Å². The molecule has 2 aromatic heterocycles. The summed E-state index contributed by atoms with van der Waals surface area (Å²) in [6.07, 6.45) is 1.82. The normalized spacial score (nSPS) is 12.2. The molecule has 0 saturated carbocycles. The van der Waals surface area contributed by atoms with Gasteiger partial charge in [-0.15, -0.1) is 5.10 Å². The van der Waals surface area contributed by atoms with E-state index in [1.165, 1.54) is 0 Å². The molecular formula is C20H24N4O4. The van der Waals surface area contributed by atoms with Gasteiger partial charge in [0, 0.05) is 12.1 Å². The van der Waals surface area contributed by atoms with Crippen LogP contribution in [0.2, 0.25) is 0 Å². The molecule has 1 atom stereocenters. The zero-order valence-electron chi connectivity index (χ0n) is 16.7. The van der Waals surface area contributed by atoms with Crippen LogP contribution in [-0.4, -0.2) is 27.0 Å². The molecular weight excluding hydrogens is 360 g/mol. The Morgan fingerprint density at radius 2 is 2.04 bits per heavy atom. The molecule has 1 N–H and O–H groups in total. The van der Waals surface area contributed by atoms with E-state index in [4.69, 9.17) is 9.15 Å². The van der Waals surface area contributed by atoms with Crippen molar-refractivity contribution in [1.29, 1.82) is 0 Å². The second-order valence-electron chi connectivity index (χ2n) is 6.89. The van der Waals surface area contributed by atoms with E-state index in [1.807, 2.05) is 26.8 Å². The molecule has 3 rings (SSSR count). The number of nitrogens with zero attached hydrogens (tertiary/aromatic N) is 3. The number of aryl methyl sites for hydroxylation is 3. The van der Waals surface area contributed by atoms with Crippen molar-refractivity contribution in [3.05, 3.63) is 45.4 Å². The summed E-state index contributed by atoms with van der Waals surface area (Å²) in [5, 5.41) is 11.3. The topological polar surface area (TPSA) is 99.2 Å². The molecule has 1 unspecified atom stereocenters. The number of fused-ring (bicyclic) bond motifs is 1. The van der Waals surface area contributed by atoms with Crippen molar-refractivity contribution >= 4 is 22.7 Å². The van der Waals surface area contributed by atoms with E-state index < -0.39 is 6.10 Å². The third-order valence-electron chi connectivity index (χ3n) is 4.57. The van der Waals surface area contributed by atoms with Gasteiger partial charge >= 0.3 is 5.63 Å². The SMILES string of the molecule is CCCn1cc(NC(=O)C(C)Oc2cc(C)cc3oc(=O)c(C)c(C)c23)nn1. The van der Waals surface area contributed by atoms with Crippen LogP contribution >= 0.6 is 0 Å². The summed E-state index contributed by atoms with van der Waals surface area (Å²) in [5.41, 5.74) is 2.23. The highest BCUT2D eigenvalue weighted by atomic mass is 16.5. The minimum absolute atomic E-state index is 0.343. The van der Waals surface area contributed by atoms with Crippen molar-refractivity contribution in [1.82, 2.24) is 15.0 Å². The second kappa shape index (κ2) is 7.84.